The van der Waals surface area contributed by atoms with Crippen LogP contribution < -0.4 is 10.6 Å². The quantitative estimate of drug-likeness (QED) is 0.760. The molecule has 1 unspecified atom stereocenters. The first kappa shape index (κ1) is 16.3. The van der Waals surface area contributed by atoms with Gasteiger partial charge in [0.15, 0.2) is 0 Å². The molecule has 4 nitrogen and oxygen atoms in total. The van der Waals surface area contributed by atoms with Crippen molar-refractivity contribution in [2.45, 2.75) is 26.3 Å². The van der Waals surface area contributed by atoms with E-state index >= 15 is 0 Å². The van der Waals surface area contributed by atoms with Crippen molar-refractivity contribution in [2.24, 2.45) is 5.92 Å². The van der Waals surface area contributed by atoms with E-state index in [1.165, 1.54) is 0 Å². The molecule has 0 aliphatic rings. The molecular formula is C13H18BrClN2O2. The van der Waals surface area contributed by atoms with Crippen molar-refractivity contribution >= 4 is 39.2 Å². The van der Waals surface area contributed by atoms with E-state index in [4.69, 9.17) is 16.7 Å². The first-order valence-electron chi connectivity index (χ1n) is 6.07. The number of aliphatic hydroxyl groups is 1. The van der Waals surface area contributed by atoms with Gasteiger partial charge in [-0.3, -0.25) is 0 Å². The second-order valence-corrected chi connectivity index (χ2v) is 5.88. The summed E-state index contributed by atoms with van der Waals surface area (Å²) in [5.74, 6) is 0.256. The van der Waals surface area contributed by atoms with Crippen LogP contribution in [0.4, 0.5) is 10.5 Å². The monoisotopic (exact) mass is 348 g/mol. The number of hydrogen-bond acceptors (Lipinski definition) is 2. The van der Waals surface area contributed by atoms with Gasteiger partial charge in [0, 0.05) is 22.1 Å². The minimum atomic E-state index is -0.296. The number of anilines is 1. The Bertz CT molecular complexity index is 441. The van der Waals surface area contributed by atoms with Gasteiger partial charge in [-0.05, 0) is 46.5 Å². The van der Waals surface area contributed by atoms with Crippen molar-refractivity contribution in [1.29, 1.82) is 0 Å². The number of benzene rings is 1. The molecule has 6 heteroatoms. The van der Waals surface area contributed by atoms with Gasteiger partial charge in [0.25, 0.3) is 0 Å². The van der Waals surface area contributed by atoms with E-state index in [1.54, 1.807) is 18.2 Å². The van der Waals surface area contributed by atoms with Crippen LogP contribution in [-0.4, -0.2) is 23.8 Å². The molecule has 1 aromatic carbocycles. The second-order valence-electron chi connectivity index (χ2n) is 4.59. The summed E-state index contributed by atoms with van der Waals surface area (Å²) in [5, 5.41) is 15.2. The van der Waals surface area contributed by atoms with Crippen LogP contribution in [0, 0.1) is 5.92 Å². The number of aliphatic hydroxyl groups excluding tert-OH is 1. The first-order valence-corrected chi connectivity index (χ1v) is 7.24. The van der Waals surface area contributed by atoms with Gasteiger partial charge < -0.3 is 15.7 Å². The van der Waals surface area contributed by atoms with Crippen LogP contribution in [0.2, 0.25) is 5.02 Å². The van der Waals surface area contributed by atoms with Gasteiger partial charge in [0.2, 0.25) is 0 Å². The second kappa shape index (κ2) is 7.72. The highest BCUT2D eigenvalue weighted by Crippen LogP contribution is 2.25. The fourth-order valence-corrected chi connectivity index (χ4v) is 2.41. The summed E-state index contributed by atoms with van der Waals surface area (Å²) in [4.78, 5) is 11.9. The van der Waals surface area contributed by atoms with E-state index < -0.39 is 0 Å². The van der Waals surface area contributed by atoms with Crippen LogP contribution in [-0.2, 0) is 0 Å². The van der Waals surface area contributed by atoms with Gasteiger partial charge in [0.05, 0.1) is 5.69 Å². The Hall–Kier alpha value is -0.780. The van der Waals surface area contributed by atoms with Crippen molar-refractivity contribution in [3.63, 3.8) is 0 Å². The minimum Gasteiger partial charge on any atom is -0.396 e. The zero-order valence-corrected chi connectivity index (χ0v) is 13.3. The summed E-state index contributed by atoms with van der Waals surface area (Å²) in [7, 11) is 0. The number of carbonyl (C=O) groups is 1. The van der Waals surface area contributed by atoms with E-state index in [-0.39, 0.29) is 24.6 Å². The molecule has 2 amide bonds. The van der Waals surface area contributed by atoms with Crippen molar-refractivity contribution in [3.05, 3.63) is 27.7 Å². The van der Waals surface area contributed by atoms with Crippen LogP contribution in [0.5, 0.6) is 0 Å². The van der Waals surface area contributed by atoms with Gasteiger partial charge in [-0.1, -0.05) is 25.4 Å². The van der Waals surface area contributed by atoms with Crippen LogP contribution >= 0.6 is 27.5 Å². The number of nitrogens with one attached hydrogen (secondary N) is 2. The smallest absolute Gasteiger partial charge is 0.319 e. The highest BCUT2D eigenvalue weighted by molar-refractivity contribution is 9.10. The Morgan fingerprint density at radius 2 is 2.16 bits per heavy atom. The van der Waals surface area contributed by atoms with Crippen molar-refractivity contribution < 1.29 is 9.90 Å². The molecule has 0 aromatic heterocycles. The summed E-state index contributed by atoms with van der Waals surface area (Å²) in [5.41, 5.74) is 0.647. The molecule has 0 heterocycles. The van der Waals surface area contributed by atoms with Crippen LogP contribution in [0.1, 0.15) is 20.3 Å². The maximum absolute atomic E-state index is 11.9. The van der Waals surface area contributed by atoms with Crippen LogP contribution in [0.15, 0.2) is 22.7 Å². The third-order valence-electron chi connectivity index (χ3n) is 2.74. The number of hydrogen-bond donors (Lipinski definition) is 3. The van der Waals surface area contributed by atoms with Crippen LogP contribution in [0.25, 0.3) is 0 Å². The number of halogens is 2. The lowest BCUT2D eigenvalue weighted by Crippen LogP contribution is -2.41. The predicted octanol–water partition coefficient (Wildman–Crippen LogP) is 3.63. The van der Waals surface area contributed by atoms with Crippen molar-refractivity contribution in [2.75, 3.05) is 11.9 Å². The van der Waals surface area contributed by atoms with Crippen molar-refractivity contribution in [1.82, 2.24) is 5.32 Å². The molecule has 1 atom stereocenters. The molecule has 0 spiro atoms. The minimum absolute atomic E-state index is 0.0494. The molecule has 3 N–H and O–H groups in total. The molecule has 1 rings (SSSR count). The molecule has 0 fully saturated rings. The standard InChI is InChI=1S/C13H18BrClN2O2/c1-8(2)11(5-6-18)16-13(19)17-12-4-3-9(15)7-10(12)14/h3-4,7-8,11,18H,5-6H2,1-2H3,(H2,16,17,19). The highest BCUT2D eigenvalue weighted by Gasteiger charge is 2.16. The largest absolute Gasteiger partial charge is 0.396 e. The average Bonchev–Trinajstić information content (AvgIpc) is 2.32. The molecule has 0 saturated heterocycles. The molecule has 0 saturated carbocycles. The van der Waals surface area contributed by atoms with E-state index in [1.807, 2.05) is 13.8 Å². The summed E-state index contributed by atoms with van der Waals surface area (Å²) >= 11 is 9.17. The number of urea groups is 1. The van der Waals surface area contributed by atoms with Gasteiger partial charge in [-0.15, -0.1) is 0 Å². The number of carbonyl (C=O) groups excluding carboxylic acids is 1. The molecule has 0 aliphatic carbocycles. The molecule has 0 bridgehead atoms. The van der Waals surface area contributed by atoms with E-state index in [0.717, 1.165) is 4.47 Å². The summed E-state index contributed by atoms with van der Waals surface area (Å²) < 4.78 is 0.721. The lowest BCUT2D eigenvalue weighted by atomic mass is 10.0. The van der Waals surface area contributed by atoms with E-state index in [9.17, 15) is 4.79 Å². The Morgan fingerprint density at radius 1 is 1.47 bits per heavy atom. The van der Waals surface area contributed by atoms with Crippen molar-refractivity contribution in [3.8, 4) is 0 Å². The molecule has 0 aliphatic heterocycles. The number of rotatable bonds is 5. The van der Waals surface area contributed by atoms with Gasteiger partial charge in [-0.2, -0.15) is 0 Å². The van der Waals surface area contributed by atoms with Gasteiger partial charge in [0.1, 0.15) is 0 Å². The number of amides is 2. The topological polar surface area (TPSA) is 61.4 Å². The molecule has 106 valence electrons. The van der Waals surface area contributed by atoms with Gasteiger partial charge >= 0.3 is 6.03 Å². The first-order chi connectivity index (χ1) is 8.93. The molecule has 0 radical (unpaired) electrons. The Labute approximate surface area is 126 Å². The Morgan fingerprint density at radius 3 is 2.68 bits per heavy atom. The summed E-state index contributed by atoms with van der Waals surface area (Å²) in [6.45, 7) is 4.05. The summed E-state index contributed by atoms with van der Waals surface area (Å²) in [6, 6.07) is 4.79. The lowest BCUT2D eigenvalue weighted by Gasteiger charge is -2.22. The summed E-state index contributed by atoms with van der Waals surface area (Å²) in [6.07, 6.45) is 0.535. The predicted molar refractivity (Wildman–Crippen MR) is 81.6 cm³/mol. The maximum atomic E-state index is 11.9. The maximum Gasteiger partial charge on any atom is 0.319 e. The zero-order chi connectivity index (χ0) is 14.4. The molecule has 1 aromatic rings. The van der Waals surface area contributed by atoms with E-state index in [0.29, 0.717) is 17.1 Å². The lowest BCUT2D eigenvalue weighted by molar-refractivity contribution is 0.227. The van der Waals surface area contributed by atoms with Crippen LogP contribution in [0.3, 0.4) is 0 Å². The highest BCUT2D eigenvalue weighted by atomic mass is 79.9. The SMILES string of the molecule is CC(C)C(CCO)NC(=O)Nc1ccc(Cl)cc1Br. The third-order valence-corrected chi connectivity index (χ3v) is 3.63. The third kappa shape index (κ3) is 5.38. The normalized spacial score (nSPS) is 12.3. The molecular weight excluding hydrogens is 332 g/mol. The van der Waals surface area contributed by atoms with Gasteiger partial charge in [-0.25, -0.2) is 4.79 Å². The Kier molecular flexibility index (Phi) is 6.62. The fourth-order valence-electron chi connectivity index (χ4n) is 1.63. The Balaban J connectivity index is 2.63. The zero-order valence-electron chi connectivity index (χ0n) is 10.9. The average molecular weight is 350 g/mol. The molecule has 19 heavy (non-hydrogen) atoms. The fraction of sp³-hybridized carbons (Fsp3) is 0.462. The van der Waals surface area contributed by atoms with E-state index in [2.05, 4.69) is 26.6 Å².